The number of aromatic nitrogens is 5. The van der Waals surface area contributed by atoms with Crippen LogP contribution in [-0.4, -0.2) is 40.6 Å². The molecular formula is C25H28N8O2S. The first-order valence-corrected chi connectivity index (χ1v) is 13.2. The molecule has 10 nitrogen and oxygen atoms in total. The van der Waals surface area contributed by atoms with E-state index in [0.717, 1.165) is 29.7 Å². The van der Waals surface area contributed by atoms with Gasteiger partial charge in [-0.15, -0.1) is 0 Å². The summed E-state index contributed by atoms with van der Waals surface area (Å²) < 4.78 is 13.8. The van der Waals surface area contributed by atoms with Crippen LogP contribution in [0.3, 0.4) is 0 Å². The number of amides is 1. The Labute approximate surface area is 211 Å². The maximum atomic E-state index is 11.9. The van der Waals surface area contributed by atoms with E-state index < -0.39 is 11.0 Å². The smallest absolute Gasteiger partial charge is 0.247 e. The van der Waals surface area contributed by atoms with Crippen LogP contribution in [0.15, 0.2) is 61.7 Å². The Morgan fingerprint density at radius 3 is 2.89 bits per heavy atom. The summed E-state index contributed by atoms with van der Waals surface area (Å²) in [5.41, 5.74) is 4.53. The standard InChI is InChI=1S/C25H28N8O2S/c1-2-23(34)31-19-9-5-8-18(10-19)30-22-13-28-25-24(32-22)20(12-27-25)17-11-29-33(14-17)21(15-36(26)35)16-6-3-4-7-16/h2,5,8-14,16,21H,1,3-4,6-7,15,26H2,(H,27,28)(H,30,32)(H,31,34). The molecule has 1 amide bonds. The average Bonchev–Trinajstić information content (AvgIpc) is 3.63. The minimum atomic E-state index is -1.40. The van der Waals surface area contributed by atoms with E-state index in [1.165, 1.54) is 18.9 Å². The van der Waals surface area contributed by atoms with E-state index in [0.29, 0.717) is 34.3 Å². The molecule has 0 saturated heterocycles. The van der Waals surface area contributed by atoms with Gasteiger partial charge in [-0.25, -0.2) is 14.2 Å². The van der Waals surface area contributed by atoms with Crippen LogP contribution in [0.1, 0.15) is 31.7 Å². The fourth-order valence-corrected chi connectivity index (χ4v) is 5.55. The van der Waals surface area contributed by atoms with Crippen LogP contribution in [0.4, 0.5) is 17.2 Å². The Kier molecular flexibility index (Phi) is 6.92. The van der Waals surface area contributed by atoms with Crippen LogP contribution in [-0.2, 0) is 15.8 Å². The zero-order valence-corrected chi connectivity index (χ0v) is 20.5. The number of H-pyrrole nitrogens is 1. The predicted octanol–water partition coefficient (Wildman–Crippen LogP) is 4.04. The Balaban J connectivity index is 1.41. The molecule has 11 heteroatoms. The lowest BCUT2D eigenvalue weighted by Gasteiger charge is -2.22. The van der Waals surface area contributed by atoms with Crippen LogP contribution in [0.5, 0.6) is 0 Å². The summed E-state index contributed by atoms with van der Waals surface area (Å²) in [5.74, 6) is 1.10. The Morgan fingerprint density at radius 2 is 2.11 bits per heavy atom. The molecule has 2 unspecified atom stereocenters. The number of hydrogen-bond donors (Lipinski definition) is 4. The lowest BCUT2D eigenvalue weighted by Crippen LogP contribution is -2.26. The Morgan fingerprint density at radius 1 is 1.31 bits per heavy atom. The van der Waals surface area contributed by atoms with Gasteiger partial charge in [-0.2, -0.15) is 5.10 Å². The normalized spacial score (nSPS) is 15.6. The van der Waals surface area contributed by atoms with Crippen LogP contribution < -0.4 is 15.8 Å². The zero-order valence-electron chi connectivity index (χ0n) is 19.7. The van der Waals surface area contributed by atoms with Crippen molar-refractivity contribution in [2.45, 2.75) is 31.7 Å². The molecule has 1 aliphatic carbocycles. The molecule has 0 spiro atoms. The minimum absolute atomic E-state index is 0.00876. The van der Waals surface area contributed by atoms with E-state index in [4.69, 9.17) is 10.1 Å². The molecule has 1 aliphatic rings. The number of fused-ring (bicyclic) bond motifs is 1. The number of nitrogens with two attached hydrogens (primary N) is 1. The second-order valence-electron chi connectivity index (χ2n) is 8.92. The van der Waals surface area contributed by atoms with Crippen molar-refractivity contribution in [3.8, 4) is 11.1 Å². The maximum absolute atomic E-state index is 11.9. The summed E-state index contributed by atoms with van der Waals surface area (Å²) in [7, 11) is -1.40. The first kappa shape index (κ1) is 23.9. The van der Waals surface area contributed by atoms with E-state index in [1.807, 2.05) is 29.2 Å². The number of carbonyl (C=O) groups is 1. The third-order valence-corrected chi connectivity index (χ3v) is 7.17. The van der Waals surface area contributed by atoms with Gasteiger partial charge in [0.2, 0.25) is 5.91 Å². The number of hydrogen-bond acceptors (Lipinski definition) is 6. The molecule has 3 heterocycles. The zero-order chi connectivity index (χ0) is 25.1. The quantitative estimate of drug-likeness (QED) is 0.253. The van der Waals surface area contributed by atoms with Gasteiger partial charge in [-0.05, 0) is 43.0 Å². The third kappa shape index (κ3) is 5.21. The topological polar surface area (TPSA) is 144 Å². The summed E-state index contributed by atoms with van der Waals surface area (Å²) in [4.78, 5) is 24.1. The summed E-state index contributed by atoms with van der Waals surface area (Å²) in [6.45, 7) is 3.47. The fourth-order valence-electron chi connectivity index (χ4n) is 4.78. The maximum Gasteiger partial charge on any atom is 0.247 e. The minimum Gasteiger partial charge on any atom is -0.344 e. The lowest BCUT2D eigenvalue weighted by atomic mass is 10.00. The molecule has 0 radical (unpaired) electrons. The number of carbonyl (C=O) groups excluding carboxylic acids is 1. The van der Waals surface area contributed by atoms with E-state index in [2.05, 4.69) is 32.3 Å². The Hall–Kier alpha value is -3.83. The lowest BCUT2D eigenvalue weighted by molar-refractivity contribution is -0.111. The van der Waals surface area contributed by atoms with Crippen molar-refractivity contribution in [2.24, 2.45) is 11.1 Å². The number of nitrogens with one attached hydrogen (secondary N) is 3. The van der Waals surface area contributed by atoms with Crippen LogP contribution in [0.25, 0.3) is 22.3 Å². The molecule has 0 aliphatic heterocycles. The highest BCUT2D eigenvalue weighted by Gasteiger charge is 2.28. The summed E-state index contributed by atoms with van der Waals surface area (Å²) >= 11 is 0. The number of aromatic amines is 1. The van der Waals surface area contributed by atoms with Gasteiger partial charge in [0, 0.05) is 34.9 Å². The molecule has 5 rings (SSSR count). The Bertz CT molecular complexity index is 1420. The number of anilines is 3. The molecule has 5 N–H and O–H groups in total. The highest BCUT2D eigenvalue weighted by atomic mass is 32.2. The predicted molar refractivity (Wildman–Crippen MR) is 142 cm³/mol. The summed E-state index contributed by atoms with van der Waals surface area (Å²) in [6.07, 6.45) is 13.1. The molecule has 2 atom stereocenters. The summed E-state index contributed by atoms with van der Waals surface area (Å²) in [6, 6.07) is 7.32. The fraction of sp³-hybridized carbons (Fsp3) is 0.280. The largest absolute Gasteiger partial charge is 0.344 e. The van der Waals surface area contributed by atoms with E-state index in [-0.39, 0.29) is 11.9 Å². The average molecular weight is 505 g/mol. The highest BCUT2D eigenvalue weighted by molar-refractivity contribution is 7.82. The highest BCUT2D eigenvalue weighted by Crippen LogP contribution is 2.36. The monoisotopic (exact) mass is 504 g/mol. The molecular weight excluding hydrogens is 476 g/mol. The molecule has 36 heavy (non-hydrogen) atoms. The SMILES string of the molecule is C=CC(=O)Nc1cccc(Nc2cnc3[nH]cc(-c4cnn(C(CS(N)=O)C5CCCC5)c4)c3n2)c1. The number of nitrogens with zero attached hydrogens (tertiary/aromatic N) is 4. The van der Waals surface area contributed by atoms with Gasteiger partial charge in [0.1, 0.15) is 11.3 Å². The van der Waals surface area contributed by atoms with Gasteiger partial charge < -0.3 is 15.6 Å². The molecule has 1 aromatic carbocycles. The van der Waals surface area contributed by atoms with Crippen LogP contribution in [0.2, 0.25) is 0 Å². The molecule has 4 aromatic rings. The van der Waals surface area contributed by atoms with E-state index in [9.17, 15) is 9.00 Å². The van der Waals surface area contributed by atoms with Crippen molar-refractivity contribution in [3.63, 3.8) is 0 Å². The van der Waals surface area contributed by atoms with Gasteiger partial charge in [0.15, 0.2) is 5.65 Å². The van der Waals surface area contributed by atoms with Crippen molar-refractivity contribution in [1.82, 2.24) is 24.7 Å². The van der Waals surface area contributed by atoms with E-state index in [1.54, 1.807) is 24.5 Å². The van der Waals surface area contributed by atoms with Crippen molar-refractivity contribution >= 4 is 45.2 Å². The molecule has 186 valence electrons. The first-order valence-electron chi connectivity index (χ1n) is 11.8. The molecule has 0 bridgehead atoms. The first-order chi connectivity index (χ1) is 17.5. The van der Waals surface area contributed by atoms with E-state index >= 15 is 0 Å². The van der Waals surface area contributed by atoms with Crippen molar-refractivity contribution < 1.29 is 9.00 Å². The van der Waals surface area contributed by atoms with Crippen molar-refractivity contribution in [1.29, 1.82) is 0 Å². The van der Waals surface area contributed by atoms with Gasteiger partial charge in [-0.3, -0.25) is 14.6 Å². The van der Waals surface area contributed by atoms with Crippen LogP contribution >= 0.6 is 0 Å². The van der Waals surface area contributed by atoms with Gasteiger partial charge in [0.05, 0.1) is 35.2 Å². The molecule has 1 fully saturated rings. The van der Waals surface area contributed by atoms with Gasteiger partial charge in [-0.1, -0.05) is 25.5 Å². The number of rotatable bonds is 9. The number of benzene rings is 1. The third-order valence-electron chi connectivity index (χ3n) is 6.50. The second kappa shape index (κ2) is 10.4. The van der Waals surface area contributed by atoms with Crippen LogP contribution in [0, 0.1) is 5.92 Å². The second-order valence-corrected chi connectivity index (χ2v) is 10.0. The van der Waals surface area contributed by atoms with Crippen molar-refractivity contribution in [3.05, 3.63) is 61.7 Å². The van der Waals surface area contributed by atoms with Gasteiger partial charge >= 0.3 is 0 Å². The summed E-state index contributed by atoms with van der Waals surface area (Å²) in [5, 5.41) is 16.3. The molecule has 1 saturated carbocycles. The van der Waals surface area contributed by atoms with Crippen molar-refractivity contribution in [2.75, 3.05) is 16.4 Å². The molecule has 3 aromatic heterocycles. The van der Waals surface area contributed by atoms with Gasteiger partial charge in [0.25, 0.3) is 0 Å².